The molecule has 1 aromatic rings. The molecule has 1 saturated heterocycles. The Morgan fingerprint density at radius 2 is 2.64 bits per heavy atom. The van der Waals surface area contributed by atoms with Crippen molar-refractivity contribution < 1.29 is 9.47 Å². The molecule has 0 radical (unpaired) electrons. The number of nitrogens with zero attached hydrogens (tertiary/aromatic N) is 2. The Bertz CT molecular complexity index is 279. The van der Waals surface area contributed by atoms with Crippen molar-refractivity contribution in [3.05, 3.63) is 12.4 Å². The molecule has 14 heavy (non-hydrogen) atoms. The molecular formula is C10H16N2O2. The zero-order valence-electron chi connectivity index (χ0n) is 8.48. The lowest BCUT2D eigenvalue weighted by molar-refractivity contribution is 0.0903. The molecule has 78 valence electrons. The first-order chi connectivity index (χ1) is 6.84. The molecule has 1 aromatic heterocycles. The van der Waals surface area contributed by atoms with Crippen molar-refractivity contribution in [2.24, 2.45) is 7.05 Å². The molecule has 1 atom stereocenters. The maximum Gasteiger partial charge on any atom is 0.157 e. The van der Waals surface area contributed by atoms with Crippen molar-refractivity contribution in [2.45, 2.75) is 25.4 Å². The van der Waals surface area contributed by atoms with E-state index in [0.717, 1.165) is 25.4 Å². The molecule has 1 aliphatic heterocycles. The first kappa shape index (κ1) is 9.52. The Morgan fingerprint density at radius 1 is 1.71 bits per heavy atom. The lowest BCUT2D eigenvalue weighted by atomic mass is 10.2. The van der Waals surface area contributed by atoms with Crippen LogP contribution < -0.4 is 4.74 Å². The molecule has 0 spiro atoms. The van der Waals surface area contributed by atoms with E-state index in [9.17, 15) is 0 Å². The van der Waals surface area contributed by atoms with Crippen molar-refractivity contribution in [2.75, 3.05) is 13.2 Å². The lowest BCUT2D eigenvalue weighted by Crippen LogP contribution is -2.10. The molecule has 4 nitrogen and oxygen atoms in total. The molecule has 0 aromatic carbocycles. The highest BCUT2D eigenvalue weighted by molar-refractivity contribution is 5.11. The van der Waals surface area contributed by atoms with Crippen LogP contribution in [0.15, 0.2) is 12.4 Å². The number of aryl methyl sites for hydroxylation is 1. The Hall–Kier alpha value is -1.03. The van der Waals surface area contributed by atoms with Crippen molar-refractivity contribution in [3.8, 4) is 5.75 Å². The van der Waals surface area contributed by atoms with Gasteiger partial charge < -0.3 is 9.47 Å². The fourth-order valence-electron chi connectivity index (χ4n) is 1.65. The van der Waals surface area contributed by atoms with Crippen LogP contribution in [0.4, 0.5) is 0 Å². The van der Waals surface area contributed by atoms with E-state index in [4.69, 9.17) is 9.47 Å². The molecule has 0 N–H and O–H groups in total. The smallest absolute Gasteiger partial charge is 0.157 e. The SMILES string of the molecule is Cn1cc(OCCC2CCCO2)cn1. The molecule has 0 amide bonds. The minimum atomic E-state index is 0.409. The lowest BCUT2D eigenvalue weighted by Gasteiger charge is -2.08. The van der Waals surface area contributed by atoms with Gasteiger partial charge in [0.15, 0.2) is 5.75 Å². The first-order valence-corrected chi connectivity index (χ1v) is 5.07. The second kappa shape index (κ2) is 4.46. The van der Waals surface area contributed by atoms with Crippen LogP contribution >= 0.6 is 0 Å². The minimum absolute atomic E-state index is 0.409. The molecule has 1 aliphatic rings. The van der Waals surface area contributed by atoms with Crippen LogP contribution in [-0.4, -0.2) is 29.1 Å². The summed E-state index contributed by atoms with van der Waals surface area (Å²) in [7, 11) is 1.88. The third-order valence-electron chi connectivity index (χ3n) is 2.41. The highest BCUT2D eigenvalue weighted by Gasteiger charge is 2.14. The maximum atomic E-state index is 5.53. The van der Waals surface area contributed by atoms with Gasteiger partial charge in [-0.15, -0.1) is 0 Å². The van der Waals surface area contributed by atoms with Crippen molar-refractivity contribution in [1.82, 2.24) is 9.78 Å². The average molecular weight is 196 g/mol. The second-order valence-electron chi connectivity index (χ2n) is 3.62. The largest absolute Gasteiger partial charge is 0.490 e. The van der Waals surface area contributed by atoms with Crippen LogP contribution in [-0.2, 0) is 11.8 Å². The number of ether oxygens (including phenoxy) is 2. The standard InChI is InChI=1S/C10H16N2O2/c1-12-8-10(7-11-12)14-6-4-9-3-2-5-13-9/h7-9H,2-6H2,1H3. The Morgan fingerprint density at radius 3 is 3.29 bits per heavy atom. The molecule has 0 bridgehead atoms. The number of hydrogen-bond acceptors (Lipinski definition) is 3. The van der Waals surface area contributed by atoms with Crippen LogP contribution in [0, 0.1) is 0 Å². The molecule has 2 heterocycles. The number of aromatic nitrogens is 2. The fourth-order valence-corrected chi connectivity index (χ4v) is 1.65. The molecule has 4 heteroatoms. The van der Waals surface area contributed by atoms with Gasteiger partial charge in [0.25, 0.3) is 0 Å². The van der Waals surface area contributed by atoms with Gasteiger partial charge in [0.2, 0.25) is 0 Å². The van der Waals surface area contributed by atoms with Crippen molar-refractivity contribution in [1.29, 1.82) is 0 Å². The summed E-state index contributed by atoms with van der Waals surface area (Å²) < 4.78 is 12.8. The van der Waals surface area contributed by atoms with E-state index in [-0.39, 0.29) is 0 Å². The van der Waals surface area contributed by atoms with Gasteiger partial charge in [-0.3, -0.25) is 4.68 Å². The summed E-state index contributed by atoms with van der Waals surface area (Å²) in [6, 6.07) is 0. The predicted molar refractivity (Wildman–Crippen MR) is 52.3 cm³/mol. The Kier molecular flexibility index (Phi) is 3.03. The van der Waals surface area contributed by atoms with Crippen molar-refractivity contribution >= 4 is 0 Å². The van der Waals surface area contributed by atoms with E-state index in [1.165, 1.54) is 12.8 Å². The van der Waals surface area contributed by atoms with E-state index < -0.39 is 0 Å². The van der Waals surface area contributed by atoms with Crippen LogP contribution in [0.2, 0.25) is 0 Å². The van der Waals surface area contributed by atoms with Crippen LogP contribution in [0.25, 0.3) is 0 Å². The molecule has 0 aliphatic carbocycles. The van der Waals surface area contributed by atoms with Gasteiger partial charge in [-0.05, 0) is 12.8 Å². The van der Waals surface area contributed by atoms with Gasteiger partial charge >= 0.3 is 0 Å². The zero-order chi connectivity index (χ0) is 9.80. The normalized spacial score (nSPS) is 21.4. The molecule has 1 fully saturated rings. The number of rotatable bonds is 4. The highest BCUT2D eigenvalue weighted by Crippen LogP contribution is 2.16. The first-order valence-electron chi connectivity index (χ1n) is 5.07. The van der Waals surface area contributed by atoms with Crippen LogP contribution in [0.3, 0.4) is 0 Å². The second-order valence-corrected chi connectivity index (χ2v) is 3.62. The third-order valence-corrected chi connectivity index (χ3v) is 2.41. The Labute approximate surface area is 83.8 Å². The number of hydrogen-bond donors (Lipinski definition) is 0. The Balaban J connectivity index is 1.67. The zero-order valence-corrected chi connectivity index (χ0v) is 8.48. The van der Waals surface area contributed by atoms with E-state index in [0.29, 0.717) is 6.10 Å². The van der Waals surface area contributed by atoms with Crippen LogP contribution in [0.5, 0.6) is 5.75 Å². The molecular weight excluding hydrogens is 180 g/mol. The summed E-state index contributed by atoms with van der Waals surface area (Å²) in [5, 5.41) is 4.03. The van der Waals surface area contributed by atoms with Gasteiger partial charge in [0.05, 0.1) is 25.1 Å². The van der Waals surface area contributed by atoms with E-state index in [1.807, 2.05) is 13.2 Å². The van der Waals surface area contributed by atoms with Crippen LogP contribution in [0.1, 0.15) is 19.3 Å². The summed E-state index contributed by atoms with van der Waals surface area (Å²) in [5.74, 6) is 0.838. The third kappa shape index (κ3) is 2.48. The van der Waals surface area contributed by atoms with Gasteiger partial charge in [-0.25, -0.2) is 0 Å². The van der Waals surface area contributed by atoms with E-state index in [2.05, 4.69) is 5.10 Å². The van der Waals surface area contributed by atoms with Gasteiger partial charge in [-0.1, -0.05) is 0 Å². The monoisotopic (exact) mass is 196 g/mol. The van der Waals surface area contributed by atoms with Gasteiger partial charge in [0, 0.05) is 20.1 Å². The summed E-state index contributed by atoms with van der Waals surface area (Å²) in [4.78, 5) is 0. The average Bonchev–Trinajstić information content (AvgIpc) is 2.77. The van der Waals surface area contributed by atoms with E-state index in [1.54, 1.807) is 10.9 Å². The highest BCUT2D eigenvalue weighted by atomic mass is 16.5. The summed E-state index contributed by atoms with van der Waals surface area (Å²) >= 11 is 0. The van der Waals surface area contributed by atoms with E-state index >= 15 is 0 Å². The summed E-state index contributed by atoms with van der Waals surface area (Å²) in [6.45, 7) is 1.63. The van der Waals surface area contributed by atoms with Gasteiger partial charge in [0.1, 0.15) is 0 Å². The topological polar surface area (TPSA) is 36.3 Å². The predicted octanol–water partition coefficient (Wildman–Crippen LogP) is 1.37. The summed E-state index contributed by atoms with van der Waals surface area (Å²) in [5.41, 5.74) is 0. The maximum absolute atomic E-state index is 5.53. The molecule has 2 rings (SSSR count). The summed E-state index contributed by atoms with van der Waals surface area (Å²) in [6.07, 6.45) is 7.36. The van der Waals surface area contributed by atoms with Crippen molar-refractivity contribution in [3.63, 3.8) is 0 Å². The fraction of sp³-hybridized carbons (Fsp3) is 0.700. The molecule has 1 unspecified atom stereocenters. The quantitative estimate of drug-likeness (QED) is 0.729. The molecule has 0 saturated carbocycles. The minimum Gasteiger partial charge on any atom is -0.490 e. The van der Waals surface area contributed by atoms with Gasteiger partial charge in [-0.2, -0.15) is 5.10 Å².